The van der Waals surface area contributed by atoms with E-state index < -0.39 is 0 Å². The zero-order valence-electron chi connectivity index (χ0n) is 6.66. The average molecular weight is 176 g/mol. The number of thiocarbonyl (C=S) groups is 1. The van der Waals surface area contributed by atoms with Crippen LogP contribution in [0.25, 0.3) is 0 Å². The number of aliphatic hydroxyl groups excluding tert-OH is 1. The van der Waals surface area contributed by atoms with Gasteiger partial charge >= 0.3 is 5.24 Å². The molecule has 0 aliphatic carbocycles. The lowest BCUT2D eigenvalue weighted by atomic mass is 9.88. The third-order valence-electron chi connectivity index (χ3n) is 1.87. The van der Waals surface area contributed by atoms with Crippen molar-refractivity contribution in [3.05, 3.63) is 0 Å². The summed E-state index contributed by atoms with van der Waals surface area (Å²) in [6.07, 6.45) is -0.111. The fourth-order valence-corrected chi connectivity index (χ4v) is 0.999. The fourth-order valence-electron chi connectivity index (χ4n) is 0.815. The van der Waals surface area contributed by atoms with Gasteiger partial charge in [-0.25, -0.2) is 0 Å². The van der Waals surface area contributed by atoms with Gasteiger partial charge in [0.1, 0.15) is 12.7 Å². The van der Waals surface area contributed by atoms with Gasteiger partial charge in [0.2, 0.25) is 0 Å². The van der Waals surface area contributed by atoms with Crippen molar-refractivity contribution in [2.24, 2.45) is 5.41 Å². The Hall–Kier alpha value is -0.350. The molecule has 0 aromatic carbocycles. The van der Waals surface area contributed by atoms with Gasteiger partial charge in [0, 0.05) is 17.6 Å². The first-order valence-corrected chi connectivity index (χ1v) is 3.91. The third kappa shape index (κ3) is 1.81. The summed E-state index contributed by atoms with van der Waals surface area (Å²) in [5.41, 5.74) is -0.277. The minimum absolute atomic E-state index is 0.0731. The second-order valence-corrected chi connectivity index (χ2v) is 3.65. The molecule has 0 aromatic heterocycles. The topological polar surface area (TPSA) is 38.7 Å². The Balaban J connectivity index is 2.55. The van der Waals surface area contributed by atoms with Crippen molar-refractivity contribution in [3.63, 3.8) is 0 Å². The highest BCUT2D eigenvalue weighted by molar-refractivity contribution is 7.79. The molecule has 11 heavy (non-hydrogen) atoms. The van der Waals surface area contributed by atoms with Crippen LogP contribution in [0.5, 0.6) is 0 Å². The van der Waals surface area contributed by atoms with E-state index in [1.807, 2.05) is 13.8 Å². The molecule has 0 saturated carbocycles. The summed E-state index contributed by atoms with van der Waals surface area (Å²) < 4.78 is 10.1. The van der Waals surface area contributed by atoms with E-state index in [4.69, 9.17) is 14.6 Å². The van der Waals surface area contributed by atoms with Crippen molar-refractivity contribution in [1.29, 1.82) is 0 Å². The van der Waals surface area contributed by atoms with Gasteiger partial charge in [-0.15, -0.1) is 0 Å². The van der Waals surface area contributed by atoms with E-state index in [-0.39, 0.29) is 23.4 Å². The summed E-state index contributed by atoms with van der Waals surface area (Å²) in [6, 6.07) is 0. The molecule has 1 unspecified atom stereocenters. The number of hydrogen-bond donors (Lipinski definition) is 1. The van der Waals surface area contributed by atoms with Crippen LogP contribution in [-0.4, -0.2) is 29.7 Å². The minimum Gasteiger partial charge on any atom is -0.453 e. The molecule has 1 fully saturated rings. The van der Waals surface area contributed by atoms with Gasteiger partial charge in [-0.3, -0.25) is 0 Å². The molecule has 0 amide bonds. The minimum atomic E-state index is -0.277. The highest BCUT2D eigenvalue weighted by Crippen LogP contribution is 2.26. The normalized spacial score (nSPS) is 24.6. The van der Waals surface area contributed by atoms with Crippen LogP contribution in [0.3, 0.4) is 0 Å². The molecule has 4 heteroatoms. The van der Waals surface area contributed by atoms with Crippen molar-refractivity contribution < 1.29 is 14.6 Å². The molecule has 0 radical (unpaired) electrons. The second-order valence-electron chi connectivity index (χ2n) is 3.31. The van der Waals surface area contributed by atoms with Crippen molar-refractivity contribution in [1.82, 2.24) is 0 Å². The lowest BCUT2D eigenvalue weighted by Gasteiger charge is -2.25. The summed E-state index contributed by atoms with van der Waals surface area (Å²) in [5, 5.41) is 9.15. The Labute approximate surface area is 71.3 Å². The Bertz CT molecular complexity index is 167. The van der Waals surface area contributed by atoms with Gasteiger partial charge in [0.05, 0.1) is 6.61 Å². The Morgan fingerprint density at radius 3 is 2.73 bits per heavy atom. The largest absolute Gasteiger partial charge is 0.453 e. The molecule has 0 spiro atoms. The summed E-state index contributed by atoms with van der Waals surface area (Å²) in [5.74, 6) is 0. The van der Waals surface area contributed by atoms with Gasteiger partial charge in [-0.1, -0.05) is 13.8 Å². The number of rotatable bonds is 2. The molecule has 1 saturated heterocycles. The van der Waals surface area contributed by atoms with Crippen LogP contribution in [0.4, 0.5) is 0 Å². The molecule has 64 valence electrons. The van der Waals surface area contributed by atoms with Crippen molar-refractivity contribution in [2.75, 3.05) is 13.2 Å². The van der Waals surface area contributed by atoms with Crippen molar-refractivity contribution in [3.8, 4) is 0 Å². The maximum Gasteiger partial charge on any atom is 0.352 e. The summed E-state index contributed by atoms with van der Waals surface area (Å²) >= 11 is 4.69. The molecule has 1 aliphatic rings. The highest BCUT2D eigenvalue weighted by Gasteiger charge is 2.36. The molecular weight excluding hydrogens is 164 g/mol. The van der Waals surface area contributed by atoms with Crippen LogP contribution in [0.1, 0.15) is 13.8 Å². The molecule has 1 heterocycles. The van der Waals surface area contributed by atoms with Gasteiger partial charge in [-0.05, 0) is 0 Å². The number of ether oxygens (including phenoxy) is 2. The van der Waals surface area contributed by atoms with E-state index in [2.05, 4.69) is 12.2 Å². The maximum absolute atomic E-state index is 8.96. The van der Waals surface area contributed by atoms with E-state index in [9.17, 15) is 0 Å². The molecule has 1 aliphatic heterocycles. The van der Waals surface area contributed by atoms with Gasteiger partial charge in [-0.2, -0.15) is 0 Å². The van der Waals surface area contributed by atoms with Crippen molar-refractivity contribution in [2.45, 2.75) is 20.0 Å². The second kappa shape index (κ2) is 2.95. The molecule has 1 N–H and O–H groups in total. The zero-order valence-corrected chi connectivity index (χ0v) is 7.48. The third-order valence-corrected chi connectivity index (χ3v) is 2.08. The van der Waals surface area contributed by atoms with E-state index in [1.54, 1.807) is 0 Å². The molecule has 1 atom stereocenters. The Kier molecular flexibility index (Phi) is 2.34. The van der Waals surface area contributed by atoms with E-state index >= 15 is 0 Å². The predicted octanol–water partition coefficient (Wildman–Crippen LogP) is 0.705. The lowest BCUT2D eigenvalue weighted by Crippen LogP contribution is -2.34. The molecule has 1 rings (SSSR count). The van der Waals surface area contributed by atoms with Crippen LogP contribution >= 0.6 is 12.2 Å². The zero-order chi connectivity index (χ0) is 8.48. The Morgan fingerprint density at radius 2 is 2.36 bits per heavy atom. The standard InChI is InChI=1S/C7H12O3S/c1-7(2,4-8)5-3-9-6(11)10-5/h5,8H,3-4H2,1-2H3. The average Bonchev–Trinajstić information content (AvgIpc) is 2.36. The van der Waals surface area contributed by atoms with Gasteiger partial charge in [0.15, 0.2) is 0 Å². The van der Waals surface area contributed by atoms with Crippen LogP contribution in [0.2, 0.25) is 0 Å². The van der Waals surface area contributed by atoms with Crippen LogP contribution < -0.4 is 0 Å². The van der Waals surface area contributed by atoms with Gasteiger partial charge < -0.3 is 14.6 Å². The first-order chi connectivity index (χ1) is 5.06. The fraction of sp³-hybridized carbons (Fsp3) is 0.857. The first kappa shape index (κ1) is 8.74. The smallest absolute Gasteiger partial charge is 0.352 e. The molecule has 0 aromatic rings. The number of hydrogen-bond acceptors (Lipinski definition) is 4. The molecule has 0 bridgehead atoms. The predicted molar refractivity (Wildman–Crippen MR) is 44.3 cm³/mol. The van der Waals surface area contributed by atoms with Crippen LogP contribution in [0, 0.1) is 5.41 Å². The lowest BCUT2D eigenvalue weighted by molar-refractivity contribution is 0.0352. The van der Waals surface area contributed by atoms with E-state index in [0.717, 1.165) is 0 Å². The summed E-state index contributed by atoms with van der Waals surface area (Å²) in [4.78, 5) is 0. The first-order valence-electron chi connectivity index (χ1n) is 3.50. The van der Waals surface area contributed by atoms with Crippen LogP contribution in [0.15, 0.2) is 0 Å². The molecular formula is C7H12O3S. The SMILES string of the molecule is CC(C)(CO)C1COC(=S)O1. The summed E-state index contributed by atoms with van der Waals surface area (Å²) in [7, 11) is 0. The van der Waals surface area contributed by atoms with Gasteiger partial charge in [0.25, 0.3) is 0 Å². The quantitative estimate of drug-likeness (QED) is 0.629. The monoisotopic (exact) mass is 176 g/mol. The number of aliphatic hydroxyl groups is 1. The van der Waals surface area contributed by atoms with Crippen molar-refractivity contribution >= 4 is 17.5 Å². The van der Waals surface area contributed by atoms with E-state index in [0.29, 0.717) is 6.61 Å². The molecule has 3 nitrogen and oxygen atoms in total. The van der Waals surface area contributed by atoms with E-state index in [1.165, 1.54) is 0 Å². The van der Waals surface area contributed by atoms with Crippen LogP contribution in [-0.2, 0) is 9.47 Å². The maximum atomic E-state index is 8.96. The Morgan fingerprint density at radius 1 is 1.73 bits per heavy atom. The summed E-state index contributed by atoms with van der Waals surface area (Å²) in [6.45, 7) is 4.35. The highest BCUT2D eigenvalue weighted by atomic mass is 32.1.